The van der Waals surface area contributed by atoms with Crippen molar-refractivity contribution in [1.29, 1.82) is 0 Å². The van der Waals surface area contributed by atoms with E-state index in [9.17, 15) is 17.6 Å². The summed E-state index contributed by atoms with van der Waals surface area (Å²) in [6, 6.07) is 3.88. The summed E-state index contributed by atoms with van der Waals surface area (Å²) in [6.45, 7) is -1.12. The highest BCUT2D eigenvalue weighted by atomic mass is 79.9. The number of alkyl halides is 3. The Morgan fingerprint density at radius 3 is 2.53 bits per heavy atom. The largest absolute Gasteiger partial charge is 0.401 e. The van der Waals surface area contributed by atoms with Crippen molar-refractivity contribution in [3.05, 3.63) is 34.1 Å². The molecule has 1 aromatic rings. The van der Waals surface area contributed by atoms with Gasteiger partial charge in [0.25, 0.3) is 0 Å². The molecule has 0 unspecified atom stereocenters. The van der Waals surface area contributed by atoms with Crippen molar-refractivity contribution in [2.24, 2.45) is 0 Å². The third kappa shape index (κ3) is 4.61. The van der Waals surface area contributed by atoms with Crippen molar-refractivity contribution in [3.63, 3.8) is 0 Å². The van der Waals surface area contributed by atoms with Crippen LogP contribution in [0.4, 0.5) is 17.6 Å². The van der Waals surface area contributed by atoms with Crippen molar-refractivity contribution < 1.29 is 17.6 Å². The first kappa shape index (κ1) is 12.4. The zero-order valence-corrected chi connectivity index (χ0v) is 9.12. The Balaban J connectivity index is 2.54. The molecule has 0 aliphatic rings. The summed E-state index contributed by atoms with van der Waals surface area (Å²) in [5.74, 6) is -0.470. The summed E-state index contributed by atoms with van der Waals surface area (Å²) in [5.41, 5.74) is 0.458. The van der Waals surface area contributed by atoms with Crippen LogP contribution >= 0.6 is 15.9 Å². The van der Waals surface area contributed by atoms with Crippen molar-refractivity contribution in [1.82, 2.24) is 5.32 Å². The van der Waals surface area contributed by atoms with Crippen molar-refractivity contribution in [2.45, 2.75) is 12.7 Å². The van der Waals surface area contributed by atoms with E-state index in [0.29, 0.717) is 10.0 Å². The van der Waals surface area contributed by atoms with Crippen molar-refractivity contribution in [2.75, 3.05) is 6.54 Å². The molecule has 0 saturated carbocycles. The fourth-order valence-corrected chi connectivity index (χ4v) is 1.40. The summed E-state index contributed by atoms with van der Waals surface area (Å²) in [5, 5.41) is 2.19. The van der Waals surface area contributed by atoms with Crippen molar-refractivity contribution >= 4 is 15.9 Å². The Morgan fingerprint density at radius 2 is 1.93 bits per heavy atom. The van der Waals surface area contributed by atoms with Crippen LogP contribution in [0.3, 0.4) is 0 Å². The average Bonchev–Trinajstić information content (AvgIpc) is 2.09. The van der Waals surface area contributed by atoms with Gasteiger partial charge in [-0.15, -0.1) is 0 Å². The second-order valence-corrected chi connectivity index (χ2v) is 3.81. The molecule has 6 heteroatoms. The van der Waals surface area contributed by atoms with Crippen LogP contribution < -0.4 is 5.32 Å². The molecule has 1 N–H and O–H groups in total. The lowest BCUT2D eigenvalue weighted by molar-refractivity contribution is -0.125. The van der Waals surface area contributed by atoms with E-state index in [1.165, 1.54) is 18.2 Å². The van der Waals surface area contributed by atoms with Gasteiger partial charge in [0, 0.05) is 11.0 Å². The SMILES string of the molecule is Fc1ccc(Br)c(CNCC(F)(F)F)c1. The van der Waals surface area contributed by atoms with Gasteiger partial charge in [-0.3, -0.25) is 0 Å². The van der Waals surface area contributed by atoms with E-state index in [-0.39, 0.29) is 6.54 Å². The van der Waals surface area contributed by atoms with Gasteiger partial charge in [0.1, 0.15) is 5.82 Å². The summed E-state index contributed by atoms with van der Waals surface area (Å²) in [6.07, 6.45) is -4.25. The molecule has 0 amide bonds. The Kier molecular flexibility index (Phi) is 4.10. The third-order valence-corrected chi connectivity index (χ3v) is 2.42. The topological polar surface area (TPSA) is 12.0 Å². The quantitative estimate of drug-likeness (QED) is 0.841. The third-order valence-electron chi connectivity index (χ3n) is 1.65. The normalized spacial score (nSPS) is 11.8. The molecule has 0 atom stereocenters. The monoisotopic (exact) mass is 285 g/mol. The maximum atomic E-state index is 12.7. The van der Waals surface area contributed by atoms with Crippen LogP contribution in [-0.4, -0.2) is 12.7 Å². The minimum absolute atomic E-state index is 0.0299. The fraction of sp³-hybridized carbons (Fsp3) is 0.333. The van der Waals surface area contributed by atoms with E-state index in [4.69, 9.17) is 0 Å². The molecule has 0 saturated heterocycles. The molecule has 15 heavy (non-hydrogen) atoms. The van der Waals surface area contributed by atoms with Gasteiger partial charge >= 0.3 is 6.18 Å². The summed E-state index contributed by atoms with van der Waals surface area (Å²) >= 11 is 3.12. The van der Waals surface area contributed by atoms with Crippen LogP contribution in [0.15, 0.2) is 22.7 Å². The Morgan fingerprint density at radius 1 is 1.27 bits per heavy atom. The molecule has 0 aliphatic heterocycles. The molecule has 0 spiro atoms. The highest BCUT2D eigenvalue weighted by molar-refractivity contribution is 9.10. The zero-order valence-electron chi connectivity index (χ0n) is 7.54. The predicted molar refractivity (Wildman–Crippen MR) is 51.9 cm³/mol. The van der Waals surface area contributed by atoms with Gasteiger partial charge in [-0.25, -0.2) is 4.39 Å². The van der Waals surface area contributed by atoms with Crippen LogP contribution in [0.2, 0.25) is 0 Å². The minimum Gasteiger partial charge on any atom is -0.305 e. The summed E-state index contributed by atoms with van der Waals surface area (Å²) in [7, 11) is 0. The average molecular weight is 286 g/mol. The Bertz CT molecular complexity index is 337. The van der Waals surface area contributed by atoms with Gasteiger partial charge in [-0.2, -0.15) is 13.2 Å². The molecule has 1 rings (SSSR count). The minimum atomic E-state index is -4.25. The number of halogens is 5. The zero-order chi connectivity index (χ0) is 11.5. The first-order valence-electron chi connectivity index (χ1n) is 4.10. The molecule has 0 aliphatic carbocycles. The van der Waals surface area contributed by atoms with Gasteiger partial charge in [-0.05, 0) is 23.8 Å². The molecule has 0 heterocycles. The first-order chi connectivity index (χ1) is 6.88. The van der Waals surface area contributed by atoms with Crippen LogP contribution in [0, 0.1) is 5.82 Å². The fourth-order valence-electron chi connectivity index (χ4n) is 1.02. The van der Waals surface area contributed by atoms with Gasteiger partial charge in [0.05, 0.1) is 6.54 Å². The molecule has 0 aromatic heterocycles. The van der Waals surface area contributed by atoms with E-state index in [1.54, 1.807) is 0 Å². The van der Waals surface area contributed by atoms with Crippen LogP contribution in [0.1, 0.15) is 5.56 Å². The number of hydrogen-bond acceptors (Lipinski definition) is 1. The van der Waals surface area contributed by atoms with Crippen LogP contribution in [0.5, 0.6) is 0 Å². The van der Waals surface area contributed by atoms with E-state index >= 15 is 0 Å². The Hall–Kier alpha value is -0.620. The van der Waals surface area contributed by atoms with Gasteiger partial charge in [-0.1, -0.05) is 15.9 Å². The van der Waals surface area contributed by atoms with Crippen LogP contribution in [0.25, 0.3) is 0 Å². The second-order valence-electron chi connectivity index (χ2n) is 2.95. The number of rotatable bonds is 3. The summed E-state index contributed by atoms with van der Waals surface area (Å²) in [4.78, 5) is 0. The Labute approximate surface area is 92.6 Å². The maximum absolute atomic E-state index is 12.7. The lowest BCUT2D eigenvalue weighted by Gasteiger charge is -2.09. The number of benzene rings is 1. The molecular formula is C9H8BrF4N. The predicted octanol–water partition coefficient (Wildman–Crippen LogP) is 3.24. The molecule has 0 radical (unpaired) electrons. The molecule has 0 fully saturated rings. The lowest BCUT2D eigenvalue weighted by atomic mass is 10.2. The molecule has 0 bridgehead atoms. The molecule has 84 valence electrons. The van der Waals surface area contributed by atoms with E-state index in [2.05, 4.69) is 21.2 Å². The molecular weight excluding hydrogens is 278 g/mol. The van der Waals surface area contributed by atoms with E-state index in [1.807, 2.05) is 0 Å². The van der Waals surface area contributed by atoms with Gasteiger partial charge in [0.2, 0.25) is 0 Å². The second kappa shape index (κ2) is 4.94. The van der Waals surface area contributed by atoms with Gasteiger partial charge < -0.3 is 5.32 Å². The highest BCUT2D eigenvalue weighted by Crippen LogP contribution is 2.18. The van der Waals surface area contributed by atoms with Crippen molar-refractivity contribution in [3.8, 4) is 0 Å². The first-order valence-corrected chi connectivity index (χ1v) is 4.89. The van der Waals surface area contributed by atoms with Gasteiger partial charge in [0.15, 0.2) is 0 Å². The highest BCUT2D eigenvalue weighted by Gasteiger charge is 2.26. The lowest BCUT2D eigenvalue weighted by Crippen LogP contribution is -2.28. The molecule has 1 aromatic carbocycles. The van der Waals surface area contributed by atoms with E-state index in [0.717, 1.165) is 0 Å². The number of nitrogens with one attached hydrogen (secondary N) is 1. The smallest absolute Gasteiger partial charge is 0.305 e. The van der Waals surface area contributed by atoms with Crippen LogP contribution in [-0.2, 0) is 6.54 Å². The standard InChI is InChI=1S/C9H8BrF4N/c10-8-2-1-7(11)3-6(8)4-15-5-9(12,13)14/h1-3,15H,4-5H2. The summed E-state index contributed by atoms with van der Waals surface area (Å²) < 4.78 is 48.7. The van der Waals surface area contributed by atoms with E-state index < -0.39 is 18.5 Å². The molecule has 1 nitrogen and oxygen atoms in total. The number of hydrogen-bond donors (Lipinski definition) is 1. The maximum Gasteiger partial charge on any atom is 0.401 e.